The molecule has 0 saturated carbocycles. The van der Waals surface area contributed by atoms with Crippen LogP contribution in [0.4, 0.5) is 20.3 Å². The normalized spacial score (nSPS) is 12.5. The van der Waals surface area contributed by atoms with Gasteiger partial charge in [0.15, 0.2) is 29.0 Å². The van der Waals surface area contributed by atoms with Gasteiger partial charge in [-0.3, -0.25) is 9.48 Å². The standard InChI is InChI=1S/C20H18F2N4O3/c1-23-20(27)11-26-16(12-2-5-17-18(8-12)29-7-6-28-17)10-19(25-26)24-13-3-4-14(21)15(22)9-13/h2-5,8-10H,6-7,11H2,1H3,(H,23,27)(H,24,25). The van der Waals surface area contributed by atoms with Gasteiger partial charge >= 0.3 is 0 Å². The minimum absolute atomic E-state index is 0.0142. The number of carbonyl (C=O) groups is 1. The molecule has 1 aromatic heterocycles. The number of hydrogen-bond donors (Lipinski definition) is 2. The largest absolute Gasteiger partial charge is 0.486 e. The first-order chi connectivity index (χ1) is 14.0. The lowest BCUT2D eigenvalue weighted by atomic mass is 10.1. The SMILES string of the molecule is CNC(=O)Cn1nc(Nc2ccc(F)c(F)c2)cc1-c1ccc2c(c1)OCCO2. The molecule has 0 unspecified atom stereocenters. The zero-order valence-electron chi connectivity index (χ0n) is 15.5. The number of hydrogen-bond acceptors (Lipinski definition) is 5. The predicted octanol–water partition coefficient (Wildman–Crippen LogP) is 3.09. The average molecular weight is 400 g/mol. The summed E-state index contributed by atoms with van der Waals surface area (Å²) in [5.41, 5.74) is 1.75. The molecular weight excluding hydrogens is 382 g/mol. The summed E-state index contributed by atoms with van der Waals surface area (Å²) in [6.07, 6.45) is 0. The van der Waals surface area contributed by atoms with Crippen molar-refractivity contribution < 1.29 is 23.0 Å². The highest BCUT2D eigenvalue weighted by atomic mass is 19.2. The summed E-state index contributed by atoms with van der Waals surface area (Å²) in [6.45, 7) is 0.930. The van der Waals surface area contributed by atoms with E-state index in [1.165, 1.54) is 17.8 Å². The second-order valence-electron chi connectivity index (χ2n) is 6.36. The summed E-state index contributed by atoms with van der Waals surface area (Å²) >= 11 is 0. The van der Waals surface area contributed by atoms with Gasteiger partial charge in [-0.15, -0.1) is 0 Å². The van der Waals surface area contributed by atoms with Crippen LogP contribution in [0.1, 0.15) is 0 Å². The van der Waals surface area contributed by atoms with Gasteiger partial charge in [-0.2, -0.15) is 5.10 Å². The van der Waals surface area contributed by atoms with Crippen LogP contribution in [-0.4, -0.2) is 35.9 Å². The fourth-order valence-electron chi connectivity index (χ4n) is 2.97. The van der Waals surface area contributed by atoms with Crippen LogP contribution in [-0.2, 0) is 11.3 Å². The Labute approximate surface area is 165 Å². The number of nitrogens with one attached hydrogen (secondary N) is 2. The molecule has 29 heavy (non-hydrogen) atoms. The van der Waals surface area contributed by atoms with Crippen molar-refractivity contribution in [1.82, 2.24) is 15.1 Å². The Morgan fingerprint density at radius 2 is 1.86 bits per heavy atom. The van der Waals surface area contributed by atoms with Crippen molar-refractivity contribution in [2.75, 3.05) is 25.6 Å². The van der Waals surface area contributed by atoms with Crippen molar-refractivity contribution in [2.45, 2.75) is 6.54 Å². The molecule has 1 aliphatic rings. The third-order valence-electron chi connectivity index (χ3n) is 4.38. The Morgan fingerprint density at radius 3 is 2.62 bits per heavy atom. The predicted molar refractivity (Wildman–Crippen MR) is 102 cm³/mol. The van der Waals surface area contributed by atoms with Crippen LogP contribution in [0.15, 0.2) is 42.5 Å². The van der Waals surface area contributed by atoms with Crippen molar-refractivity contribution in [3.63, 3.8) is 0 Å². The maximum absolute atomic E-state index is 13.5. The van der Waals surface area contributed by atoms with E-state index >= 15 is 0 Å². The molecule has 150 valence electrons. The van der Waals surface area contributed by atoms with Crippen LogP contribution in [0.25, 0.3) is 11.3 Å². The fraction of sp³-hybridized carbons (Fsp3) is 0.200. The molecule has 0 saturated heterocycles. The molecular formula is C20H18F2N4O3. The molecule has 1 amide bonds. The van der Waals surface area contributed by atoms with E-state index in [0.29, 0.717) is 41.9 Å². The molecule has 7 nitrogen and oxygen atoms in total. The summed E-state index contributed by atoms with van der Waals surface area (Å²) in [4.78, 5) is 11.9. The number of ether oxygens (including phenoxy) is 2. The summed E-state index contributed by atoms with van der Waals surface area (Å²) in [5.74, 6) is -0.491. The molecule has 2 heterocycles. The van der Waals surface area contributed by atoms with Gasteiger partial charge in [-0.1, -0.05) is 0 Å². The van der Waals surface area contributed by atoms with Crippen molar-refractivity contribution >= 4 is 17.4 Å². The summed E-state index contributed by atoms with van der Waals surface area (Å²) in [7, 11) is 1.54. The lowest BCUT2D eigenvalue weighted by Crippen LogP contribution is -2.24. The number of amides is 1. The number of anilines is 2. The molecule has 2 aromatic carbocycles. The first-order valence-corrected chi connectivity index (χ1v) is 8.94. The molecule has 3 aromatic rings. The highest BCUT2D eigenvalue weighted by molar-refractivity contribution is 5.77. The summed E-state index contributed by atoms with van der Waals surface area (Å²) in [5, 5.41) is 9.88. The number of fused-ring (bicyclic) bond motifs is 1. The van der Waals surface area contributed by atoms with Crippen molar-refractivity contribution in [1.29, 1.82) is 0 Å². The fourth-order valence-corrected chi connectivity index (χ4v) is 2.97. The van der Waals surface area contributed by atoms with E-state index < -0.39 is 11.6 Å². The maximum atomic E-state index is 13.5. The van der Waals surface area contributed by atoms with E-state index in [4.69, 9.17) is 9.47 Å². The van der Waals surface area contributed by atoms with Crippen molar-refractivity contribution in [2.24, 2.45) is 0 Å². The lowest BCUT2D eigenvalue weighted by molar-refractivity contribution is -0.121. The first-order valence-electron chi connectivity index (χ1n) is 8.94. The molecule has 0 fully saturated rings. The highest BCUT2D eigenvalue weighted by Gasteiger charge is 2.17. The van der Waals surface area contributed by atoms with Gasteiger partial charge in [0.2, 0.25) is 5.91 Å². The molecule has 1 aliphatic heterocycles. The number of rotatable bonds is 5. The van der Waals surface area contributed by atoms with Crippen LogP contribution in [0, 0.1) is 11.6 Å². The average Bonchev–Trinajstić information content (AvgIpc) is 3.12. The zero-order chi connectivity index (χ0) is 20.4. The quantitative estimate of drug-likeness (QED) is 0.688. The number of aromatic nitrogens is 2. The molecule has 2 N–H and O–H groups in total. The van der Waals surface area contributed by atoms with E-state index in [-0.39, 0.29) is 12.5 Å². The van der Waals surface area contributed by atoms with E-state index in [9.17, 15) is 13.6 Å². The molecule has 0 spiro atoms. The maximum Gasteiger partial charge on any atom is 0.241 e. The molecule has 0 bridgehead atoms. The van der Waals surface area contributed by atoms with Gasteiger partial charge in [0.05, 0.1) is 5.69 Å². The lowest BCUT2D eigenvalue weighted by Gasteiger charge is -2.19. The number of benzene rings is 2. The Bertz CT molecular complexity index is 1070. The topological polar surface area (TPSA) is 77.4 Å². The third kappa shape index (κ3) is 3.98. The molecule has 0 aliphatic carbocycles. The van der Waals surface area contributed by atoms with Gasteiger partial charge in [-0.05, 0) is 30.3 Å². The second-order valence-corrected chi connectivity index (χ2v) is 6.36. The van der Waals surface area contributed by atoms with Crippen LogP contribution in [0.2, 0.25) is 0 Å². The van der Waals surface area contributed by atoms with E-state index in [1.54, 1.807) is 12.1 Å². The first kappa shape index (κ1) is 18.7. The number of halogens is 2. The Hall–Kier alpha value is -3.62. The van der Waals surface area contributed by atoms with Crippen molar-refractivity contribution in [3.05, 3.63) is 54.1 Å². The van der Waals surface area contributed by atoms with E-state index in [2.05, 4.69) is 15.7 Å². The molecule has 0 atom stereocenters. The second kappa shape index (κ2) is 7.78. The van der Waals surface area contributed by atoms with Crippen LogP contribution < -0.4 is 20.1 Å². The number of carbonyl (C=O) groups excluding carboxylic acids is 1. The van der Waals surface area contributed by atoms with E-state index in [0.717, 1.165) is 17.7 Å². The molecule has 9 heteroatoms. The van der Waals surface area contributed by atoms with Gasteiger partial charge in [0.1, 0.15) is 19.8 Å². The third-order valence-corrected chi connectivity index (χ3v) is 4.38. The Balaban J connectivity index is 1.69. The Kier molecular flexibility index (Phi) is 5.03. The minimum Gasteiger partial charge on any atom is -0.486 e. The van der Waals surface area contributed by atoms with Crippen molar-refractivity contribution in [3.8, 4) is 22.8 Å². The molecule has 4 rings (SSSR count). The Morgan fingerprint density at radius 1 is 1.07 bits per heavy atom. The van der Waals surface area contributed by atoms with Gasteiger partial charge in [0.25, 0.3) is 0 Å². The summed E-state index contributed by atoms with van der Waals surface area (Å²) < 4.78 is 39.3. The monoisotopic (exact) mass is 400 g/mol. The van der Waals surface area contributed by atoms with Crippen LogP contribution in [0.5, 0.6) is 11.5 Å². The van der Waals surface area contributed by atoms with Crippen LogP contribution >= 0.6 is 0 Å². The van der Waals surface area contributed by atoms with Gasteiger partial charge in [-0.25, -0.2) is 8.78 Å². The number of nitrogens with zero attached hydrogens (tertiary/aromatic N) is 2. The minimum atomic E-state index is -0.966. The van der Waals surface area contributed by atoms with Crippen LogP contribution in [0.3, 0.4) is 0 Å². The zero-order valence-corrected chi connectivity index (χ0v) is 15.5. The van der Waals surface area contributed by atoms with Gasteiger partial charge in [0, 0.05) is 30.4 Å². The highest BCUT2D eigenvalue weighted by Crippen LogP contribution is 2.35. The number of likely N-dealkylation sites (N-methyl/N-ethyl adjacent to an activating group) is 1. The smallest absolute Gasteiger partial charge is 0.241 e. The van der Waals surface area contributed by atoms with Gasteiger partial charge < -0.3 is 20.1 Å². The molecule has 0 radical (unpaired) electrons. The van der Waals surface area contributed by atoms with E-state index in [1.807, 2.05) is 12.1 Å². The summed E-state index contributed by atoms with van der Waals surface area (Å²) in [6, 6.07) is 10.6.